The van der Waals surface area contributed by atoms with Crippen molar-refractivity contribution in [2.75, 3.05) is 25.8 Å². The second-order valence-corrected chi connectivity index (χ2v) is 4.94. The molecule has 2 amide bonds. The number of nitrogens with zero attached hydrogens (tertiary/aromatic N) is 1. The number of urea groups is 1. The molecular weight excluding hydrogens is 342 g/mol. The van der Waals surface area contributed by atoms with E-state index in [2.05, 4.69) is 10.6 Å². The molecule has 0 aliphatic heterocycles. The van der Waals surface area contributed by atoms with Crippen LogP contribution >= 0.6 is 0 Å². The van der Waals surface area contributed by atoms with E-state index >= 15 is 0 Å². The van der Waals surface area contributed by atoms with Crippen LogP contribution in [-0.4, -0.2) is 31.4 Å². The van der Waals surface area contributed by atoms with Crippen molar-refractivity contribution in [1.82, 2.24) is 5.32 Å². The third-order valence-electron chi connectivity index (χ3n) is 3.25. The average molecular weight is 361 g/mol. The largest absolute Gasteiger partial charge is 0.494 e. The lowest BCUT2D eigenvalue weighted by Gasteiger charge is -2.13. The summed E-state index contributed by atoms with van der Waals surface area (Å²) in [6, 6.07) is 10.4. The number of nitro groups is 1. The fraction of sp³-hybridized carbons (Fsp3) is 0.235. The summed E-state index contributed by atoms with van der Waals surface area (Å²) < 4.78 is 16.0. The molecule has 2 N–H and O–H groups in total. The Morgan fingerprint density at radius 3 is 2.42 bits per heavy atom. The highest BCUT2D eigenvalue weighted by Crippen LogP contribution is 2.29. The molecule has 138 valence electrons. The Bertz CT molecular complexity index is 781. The molecule has 0 saturated heterocycles. The minimum Gasteiger partial charge on any atom is -0.494 e. The summed E-state index contributed by atoms with van der Waals surface area (Å²) in [5.74, 6) is 1.26. The van der Waals surface area contributed by atoms with Crippen molar-refractivity contribution in [2.24, 2.45) is 0 Å². The summed E-state index contributed by atoms with van der Waals surface area (Å²) in [5.41, 5.74) is 0.161. The molecule has 2 aromatic rings. The first-order chi connectivity index (χ1) is 12.5. The lowest BCUT2D eigenvalue weighted by atomic mass is 10.2. The number of amides is 2. The van der Waals surface area contributed by atoms with E-state index in [0.717, 1.165) is 0 Å². The van der Waals surface area contributed by atoms with Crippen LogP contribution in [-0.2, 0) is 0 Å². The van der Waals surface area contributed by atoms with E-state index in [0.29, 0.717) is 23.8 Å². The highest BCUT2D eigenvalue weighted by atomic mass is 16.6. The van der Waals surface area contributed by atoms with Crippen molar-refractivity contribution in [3.05, 3.63) is 52.6 Å². The number of anilines is 1. The van der Waals surface area contributed by atoms with Gasteiger partial charge in [0.2, 0.25) is 0 Å². The van der Waals surface area contributed by atoms with Gasteiger partial charge in [0.1, 0.15) is 5.75 Å². The number of nitro benzene ring substituents is 1. The minimum atomic E-state index is -0.550. The minimum absolute atomic E-state index is 0.0920. The number of ether oxygens (including phenoxy) is 3. The molecule has 0 fully saturated rings. The molecule has 26 heavy (non-hydrogen) atoms. The van der Waals surface area contributed by atoms with Gasteiger partial charge >= 0.3 is 6.03 Å². The van der Waals surface area contributed by atoms with Crippen LogP contribution in [0.15, 0.2) is 42.5 Å². The van der Waals surface area contributed by atoms with Crippen LogP contribution < -0.4 is 24.8 Å². The maximum Gasteiger partial charge on any atom is 0.321 e. The second kappa shape index (κ2) is 9.11. The molecule has 2 rings (SSSR count). The van der Waals surface area contributed by atoms with Gasteiger partial charge in [0.15, 0.2) is 18.2 Å². The van der Waals surface area contributed by atoms with E-state index in [1.807, 2.05) is 13.0 Å². The first kappa shape index (κ1) is 18.8. The molecule has 0 bridgehead atoms. The smallest absolute Gasteiger partial charge is 0.321 e. The van der Waals surface area contributed by atoms with Gasteiger partial charge in [-0.1, -0.05) is 12.1 Å². The normalized spacial score (nSPS) is 9.92. The third-order valence-corrected chi connectivity index (χ3v) is 3.25. The number of hydrogen-bond acceptors (Lipinski definition) is 6. The van der Waals surface area contributed by atoms with Crippen molar-refractivity contribution in [3.8, 4) is 17.2 Å². The third kappa shape index (κ3) is 5.00. The molecule has 0 aliphatic rings. The fourth-order valence-corrected chi connectivity index (χ4v) is 2.09. The Morgan fingerprint density at radius 1 is 1.12 bits per heavy atom. The Hall–Kier alpha value is -3.49. The predicted octanol–water partition coefficient (Wildman–Crippen LogP) is 3.16. The number of carbonyl (C=O) groups is 1. The van der Waals surface area contributed by atoms with E-state index in [-0.39, 0.29) is 18.2 Å². The highest BCUT2D eigenvalue weighted by Gasteiger charge is 2.13. The van der Waals surface area contributed by atoms with Crippen molar-refractivity contribution in [1.29, 1.82) is 0 Å². The van der Waals surface area contributed by atoms with Crippen molar-refractivity contribution < 1.29 is 23.9 Å². The SMILES string of the molecule is CCOc1ccccc1OCNC(=O)Nc1ccc([N+](=O)[O-])cc1OC. The fourth-order valence-electron chi connectivity index (χ4n) is 2.09. The molecule has 0 radical (unpaired) electrons. The van der Waals surface area contributed by atoms with Crippen molar-refractivity contribution in [2.45, 2.75) is 6.92 Å². The highest BCUT2D eigenvalue weighted by molar-refractivity contribution is 5.91. The van der Waals surface area contributed by atoms with Crippen molar-refractivity contribution >= 4 is 17.4 Å². The topological polar surface area (TPSA) is 112 Å². The van der Waals surface area contributed by atoms with Crippen molar-refractivity contribution in [3.63, 3.8) is 0 Å². The van der Waals surface area contributed by atoms with Crippen LogP contribution in [0.1, 0.15) is 6.92 Å². The zero-order valence-electron chi connectivity index (χ0n) is 14.4. The van der Waals surface area contributed by atoms with Gasteiger partial charge in [0.25, 0.3) is 5.69 Å². The molecular formula is C17H19N3O6. The Balaban J connectivity index is 1.92. The molecule has 9 nitrogen and oxygen atoms in total. The number of para-hydroxylation sites is 2. The molecule has 0 saturated carbocycles. The van der Waals surface area contributed by atoms with Gasteiger partial charge < -0.3 is 24.8 Å². The first-order valence-electron chi connectivity index (χ1n) is 7.77. The predicted molar refractivity (Wildman–Crippen MR) is 94.9 cm³/mol. The number of methoxy groups -OCH3 is 1. The molecule has 2 aromatic carbocycles. The second-order valence-electron chi connectivity index (χ2n) is 4.94. The lowest BCUT2D eigenvalue weighted by Crippen LogP contribution is -2.32. The standard InChI is InChI=1S/C17H19N3O6/c1-3-25-14-6-4-5-7-15(14)26-11-18-17(21)19-13-9-8-12(20(22)23)10-16(13)24-2/h4-10H,3,11H2,1-2H3,(H2,18,19,21). The summed E-state index contributed by atoms with van der Waals surface area (Å²) in [7, 11) is 1.36. The Labute approximate surface area is 150 Å². The Kier molecular flexibility index (Phi) is 6.60. The zero-order valence-corrected chi connectivity index (χ0v) is 14.4. The summed E-state index contributed by atoms with van der Waals surface area (Å²) in [5, 5.41) is 15.8. The zero-order chi connectivity index (χ0) is 18.9. The summed E-state index contributed by atoms with van der Waals surface area (Å²) in [4.78, 5) is 22.2. The van der Waals surface area contributed by atoms with Crippen LogP contribution in [0.2, 0.25) is 0 Å². The van der Waals surface area contributed by atoms with Gasteiger partial charge in [-0.25, -0.2) is 4.79 Å². The number of nitrogens with one attached hydrogen (secondary N) is 2. The molecule has 0 unspecified atom stereocenters. The summed E-state index contributed by atoms with van der Waals surface area (Å²) in [6.07, 6.45) is 0. The Morgan fingerprint density at radius 2 is 1.81 bits per heavy atom. The van der Waals surface area contributed by atoms with E-state index < -0.39 is 11.0 Å². The van der Waals surface area contributed by atoms with Gasteiger partial charge in [-0.15, -0.1) is 0 Å². The van der Waals surface area contributed by atoms with Gasteiger partial charge in [-0.3, -0.25) is 10.1 Å². The number of benzene rings is 2. The van der Waals surface area contributed by atoms with E-state index in [1.54, 1.807) is 18.2 Å². The monoisotopic (exact) mass is 361 g/mol. The molecule has 0 atom stereocenters. The lowest BCUT2D eigenvalue weighted by molar-refractivity contribution is -0.384. The van der Waals surface area contributed by atoms with E-state index in [1.165, 1.54) is 25.3 Å². The van der Waals surface area contributed by atoms with Crippen LogP contribution in [0.4, 0.5) is 16.2 Å². The molecule has 0 heterocycles. The number of non-ortho nitro benzene ring substituents is 1. The molecule has 9 heteroatoms. The first-order valence-corrected chi connectivity index (χ1v) is 7.77. The molecule has 0 aromatic heterocycles. The van der Waals surface area contributed by atoms with Gasteiger partial charge in [0, 0.05) is 6.07 Å². The van der Waals surface area contributed by atoms with Crippen LogP contribution in [0, 0.1) is 10.1 Å². The van der Waals surface area contributed by atoms with E-state index in [9.17, 15) is 14.9 Å². The summed E-state index contributed by atoms with van der Waals surface area (Å²) in [6.45, 7) is 2.26. The average Bonchev–Trinajstić information content (AvgIpc) is 2.63. The van der Waals surface area contributed by atoms with Gasteiger partial charge in [0.05, 0.1) is 30.4 Å². The molecule has 0 spiro atoms. The summed E-state index contributed by atoms with van der Waals surface area (Å²) >= 11 is 0. The van der Waals surface area contributed by atoms with Crippen LogP contribution in [0.5, 0.6) is 17.2 Å². The quantitative estimate of drug-likeness (QED) is 0.424. The van der Waals surface area contributed by atoms with Gasteiger partial charge in [-0.2, -0.15) is 0 Å². The maximum atomic E-state index is 12.0. The maximum absolute atomic E-state index is 12.0. The van der Waals surface area contributed by atoms with Gasteiger partial charge in [-0.05, 0) is 25.1 Å². The van der Waals surface area contributed by atoms with E-state index in [4.69, 9.17) is 14.2 Å². The number of carbonyl (C=O) groups excluding carboxylic acids is 1. The number of hydrogen-bond donors (Lipinski definition) is 2. The van der Waals surface area contributed by atoms with Crippen LogP contribution in [0.25, 0.3) is 0 Å². The molecule has 0 aliphatic carbocycles. The van der Waals surface area contributed by atoms with Crippen LogP contribution in [0.3, 0.4) is 0 Å². The number of rotatable bonds is 8.